The minimum absolute atomic E-state index is 0.889. The summed E-state index contributed by atoms with van der Waals surface area (Å²) in [5.41, 5.74) is 4.39. The molecule has 2 aromatic carbocycles. The van der Waals surface area contributed by atoms with Crippen LogP contribution in [0.1, 0.15) is 11.4 Å². The molecule has 4 aromatic rings. The lowest BCUT2D eigenvalue weighted by atomic mass is 10.1. The molecule has 0 aliphatic rings. The fraction of sp³-hybridized carbons (Fsp3) is 0.391. The van der Waals surface area contributed by atoms with Crippen molar-refractivity contribution in [2.75, 3.05) is 48.4 Å². The first-order valence-electron chi connectivity index (χ1n) is 10.2. The number of nitrogens with one attached hydrogen (secondary N) is 2. The lowest BCUT2D eigenvalue weighted by molar-refractivity contribution is 0.409. The molecular formula is C23H32N6O. The quantitative estimate of drug-likeness (QED) is 0.491. The average Bonchev–Trinajstić information content (AvgIpc) is 3.35. The van der Waals surface area contributed by atoms with E-state index in [1.165, 1.54) is 11.1 Å². The first-order valence-corrected chi connectivity index (χ1v) is 10.2. The van der Waals surface area contributed by atoms with E-state index in [2.05, 4.69) is 70.5 Å². The molecule has 2 N–H and O–H groups in total. The van der Waals surface area contributed by atoms with Crippen LogP contribution in [0.15, 0.2) is 42.5 Å². The van der Waals surface area contributed by atoms with Crippen molar-refractivity contribution in [1.29, 1.82) is 0 Å². The Balaban J connectivity index is 0.000000172. The monoisotopic (exact) mass is 408 g/mol. The number of hydrogen-bond donors (Lipinski definition) is 2. The van der Waals surface area contributed by atoms with Crippen molar-refractivity contribution in [2.24, 2.45) is 0 Å². The van der Waals surface area contributed by atoms with Gasteiger partial charge in [-0.05, 0) is 46.4 Å². The van der Waals surface area contributed by atoms with Crippen LogP contribution in [-0.4, -0.2) is 78.6 Å². The third-order valence-electron chi connectivity index (χ3n) is 5.00. The summed E-state index contributed by atoms with van der Waals surface area (Å²) in [6.07, 6.45) is 1.97. The zero-order valence-corrected chi connectivity index (χ0v) is 18.6. The molecule has 2 heterocycles. The van der Waals surface area contributed by atoms with Crippen LogP contribution in [0.25, 0.3) is 21.8 Å². The smallest absolute Gasteiger partial charge is 0.130 e. The first kappa shape index (κ1) is 21.8. The summed E-state index contributed by atoms with van der Waals surface area (Å²) >= 11 is 0. The maximum absolute atomic E-state index is 5.36. The van der Waals surface area contributed by atoms with Crippen LogP contribution >= 0.6 is 0 Å². The summed E-state index contributed by atoms with van der Waals surface area (Å²) in [5.74, 6) is 0.889. The van der Waals surface area contributed by atoms with Gasteiger partial charge in [0.05, 0.1) is 23.5 Å². The Morgan fingerprint density at radius 1 is 0.767 bits per heavy atom. The van der Waals surface area contributed by atoms with Crippen LogP contribution in [0, 0.1) is 0 Å². The van der Waals surface area contributed by atoms with Crippen molar-refractivity contribution in [3.63, 3.8) is 0 Å². The highest BCUT2D eigenvalue weighted by Crippen LogP contribution is 2.27. The number of rotatable bonds is 7. The van der Waals surface area contributed by atoms with Gasteiger partial charge < -0.3 is 14.5 Å². The molecule has 4 rings (SSSR count). The Labute approximate surface area is 178 Å². The van der Waals surface area contributed by atoms with E-state index in [4.69, 9.17) is 4.74 Å². The number of ether oxygens (including phenoxy) is 1. The molecule has 0 atom stereocenters. The van der Waals surface area contributed by atoms with Gasteiger partial charge >= 0.3 is 0 Å². The Hall–Kier alpha value is -2.90. The number of fused-ring (bicyclic) bond motifs is 2. The van der Waals surface area contributed by atoms with Crippen LogP contribution in [0.3, 0.4) is 0 Å². The van der Waals surface area contributed by atoms with Crippen LogP contribution in [0.5, 0.6) is 5.75 Å². The third kappa shape index (κ3) is 5.37. The summed E-state index contributed by atoms with van der Waals surface area (Å²) in [5, 5.41) is 17.1. The predicted molar refractivity (Wildman–Crippen MR) is 123 cm³/mol. The highest BCUT2D eigenvalue weighted by molar-refractivity contribution is 5.87. The van der Waals surface area contributed by atoms with Crippen molar-refractivity contribution in [3.8, 4) is 5.75 Å². The molecule has 0 bridgehead atoms. The lowest BCUT2D eigenvalue weighted by Crippen LogP contribution is -2.15. The van der Waals surface area contributed by atoms with Crippen molar-refractivity contribution >= 4 is 21.8 Å². The summed E-state index contributed by atoms with van der Waals surface area (Å²) in [7, 11) is 9.99. The second-order valence-corrected chi connectivity index (χ2v) is 7.88. The van der Waals surface area contributed by atoms with Gasteiger partial charge in [0.1, 0.15) is 5.75 Å². The molecule has 0 saturated carbocycles. The summed E-state index contributed by atoms with van der Waals surface area (Å²) in [6.45, 7) is 2.04. The van der Waals surface area contributed by atoms with Gasteiger partial charge in [-0.3, -0.25) is 10.2 Å². The van der Waals surface area contributed by atoms with E-state index in [9.17, 15) is 0 Å². The van der Waals surface area contributed by atoms with Crippen LogP contribution < -0.4 is 4.74 Å². The van der Waals surface area contributed by atoms with E-state index in [0.717, 1.165) is 53.8 Å². The summed E-state index contributed by atoms with van der Waals surface area (Å²) < 4.78 is 5.36. The standard InChI is InChI=1S/C12H17N3O.C11H15N3/c1-15(2)8-7-10-12-9(13-14-10)5-4-6-11(12)16-3;1-14(2)8-7-11-9-5-3-4-6-10(9)12-13-11/h4-6H,7-8H2,1-3H3,(H,13,14);3-6H,7-8H2,1-2H3,(H,12,13). The van der Waals surface area contributed by atoms with E-state index < -0.39 is 0 Å². The number of aromatic nitrogens is 4. The van der Waals surface area contributed by atoms with E-state index in [-0.39, 0.29) is 0 Å². The van der Waals surface area contributed by atoms with Gasteiger partial charge in [-0.1, -0.05) is 24.3 Å². The molecule has 0 aliphatic carbocycles. The van der Waals surface area contributed by atoms with Crippen molar-refractivity contribution < 1.29 is 4.74 Å². The van der Waals surface area contributed by atoms with Gasteiger partial charge in [-0.15, -0.1) is 0 Å². The molecule has 160 valence electrons. The lowest BCUT2D eigenvalue weighted by Gasteiger charge is -2.08. The average molecular weight is 409 g/mol. The Morgan fingerprint density at radius 2 is 1.37 bits per heavy atom. The van der Waals surface area contributed by atoms with Gasteiger partial charge in [0.2, 0.25) is 0 Å². The molecule has 7 nitrogen and oxygen atoms in total. The minimum atomic E-state index is 0.889. The molecular weight excluding hydrogens is 376 g/mol. The van der Waals surface area contributed by atoms with Crippen LogP contribution in [0.4, 0.5) is 0 Å². The van der Waals surface area contributed by atoms with E-state index in [0.29, 0.717) is 0 Å². The fourth-order valence-corrected chi connectivity index (χ4v) is 3.33. The van der Waals surface area contributed by atoms with Crippen LogP contribution in [0.2, 0.25) is 0 Å². The molecule has 0 radical (unpaired) electrons. The van der Waals surface area contributed by atoms with Gasteiger partial charge in [0, 0.05) is 42.7 Å². The number of benzene rings is 2. The van der Waals surface area contributed by atoms with Gasteiger partial charge in [-0.2, -0.15) is 10.2 Å². The number of aromatic amines is 2. The van der Waals surface area contributed by atoms with Crippen LogP contribution in [-0.2, 0) is 12.8 Å². The number of methoxy groups -OCH3 is 1. The van der Waals surface area contributed by atoms with Crippen molar-refractivity contribution in [1.82, 2.24) is 30.2 Å². The molecule has 0 amide bonds. The predicted octanol–water partition coefficient (Wildman–Crippen LogP) is 3.34. The maximum atomic E-state index is 5.36. The third-order valence-corrected chi connectivity index (χ3v) is 5.00. The second kappa shape index (κ2) is 10.2. The van der Waals surface area contributed by atoms with Gasteiger partial charge in [0.15, 0.2) is 0 Å². The maximum Gasteiger partial charge on any atom is 0.130 e. The zero-order valence-electron chi connectivity index (χ0n) is 18.6. The molecule has 2 aromatic heterocycles. The van der Waals surface area contributed by atoms with E-state index >= 15 is 0 Å². The van der Waals surface area contributed by atoms with Crippen molar-refractivity contribution in [3.05, 3.63) is 53.9 Å². The molecule has 30 heavy (non-hydrogen) atoms. The molecule has 0 spiro atoms. The topological polar surface area (TPSA) is 73.1 Å². The number of hydrogen-bond acceptors (Lipinski definition) is 5. The minimum Gasteiger partial charge on any atom is -0.496 e. The number of H-pyrrole nitrogens is 2. The SMILES string of the molecule is CN(C)CCc1[nH]nc2ccccc12.COc1cccc2n[nH]c(CCN(C)C)c12. The summed E-state index contributed by atoms with van der Waals surface area (Å²) in [6, 6.07) is 14.1. The molecule has 0 saturated heterocycles. The highest BCUT2D eigenvalue weighted by Gasteiger charge is 2.10. The normalized spacial score (nSPS) is 11.3. The van der Waals surface area contributed by atoms with Crippen molar-refractivity contribution in [2.45, 2.75) is 12.8 Å². The molecule has 0 unspecified atom stereocenters. The number of nitrogens with zero attached hydrogens (tertiary/aromatic N) is 4. The molecule has 7 heteroatoms. The Kier molecular flexibility index (Phi) is 7.43. The number of likely N-dealkylation sites (N-methyl/N-ethyl adjacent to an activating group) is 2. The first-order chi connectivity index (χ1) is 14.5. The fourth-order valence-electron chi connectivity index (χ4n) is 3.33. The highest BCUT2D eigenvalue weighted by atomic mass is 16.5. The van der Waals surface area contributed by atoms with Gasteiger partial charge in [0.25, 0.3) is 0 Å². The van der Waals surface area contributed by atoms with Gasteiger partial charge in [-0.25, -0.2) is 0 Å². The Bertz CT molecular complexity index is 1070. The number of para-hydroxylation sites is 1. The Morgan fingerprint density at radius 3 is 2.07 bits per heavy atom. The van der Waals surface area contributed by atoms with E-state index in [1.807, 2.05) is 30.3 Å². The molecule has 0 fully saturated rings. The zero-order chi connectivity index (χ0) is 21.5. The van der Waals surface area contributed by atoms with E-state index in [1.54, 1.807) is 7.11 Å². The largest absolute Gasteiger partial charge is 0.496 e. The molecule has 0 aliphatic heterocycles. The second-order valence-electron chi connectivity index (χ2n) is 7.88. The summed E-state index contributed by atoms with van der Waals surface area (Å²) in [4.78, 5) is 4.33.